The van der Waals surface area contributed by atoms with E-state index >= 15 is 0 Å². The lowest BCUT2D eigenvalue weighted by atomic mass is 10.1. The second kappa shape index (κ2) is 8.69. The van der Waals surface area contributed by atoms with Crippen molar-refractivity contribution in [3.63, 3.8) is 0 Å². The molecule has 0 radical (unpaired) electrons. The molecule has 0 aliphatic heterocycles. The van der Waals surface area contributed by atoms with Gasteiger partial charge in [-0.15, -0.1) is 0 Å². The maximum atomic E-state index is 12.1. The molecule has 0 aliphatic rings. The van der Waals surface area contributed by atoms with Crippen LogP contribution in [0.15, 0.2) is 30.3 Å². The molecule has 0 aromatic heterocycles. The first-order valence-corrected chi connectivity index (χ1v) is 8.18. The average molecular weight is 397 g/mol. The van der Waals surface area contributed by atoms with Gasteiger partial charge in [-0.2, -0.15) is 0 Å². The van der Waals surface area contributed by atoms with Gasteiger partial charge in [0.15, 0.2) is 11.5 Å². The van der Waals surface area contributed by atoms with Gasteiger partial charge in [0, 0.05) is 11.8 Å². The number of carbonyl (C=O) groups excluding carboxylic acids is 1. The summed E-state index contributed by atoms with van der Waals surface area (Å²) in [4.78, 5) is 12.1. The second-order valence-electron chi connectivity index (χ2n) is 5.13. The molecule has 0 bridgehead atoms. The largest absolute Gasteiger partial charge is 0.493 e. The number of carbonyl (C=O) groups is 1. The summed E-state index contributed by atoms with van der Waals surface area (Å²) in [5.74, 6) is 1.09. The van der Waals surface area contributed by atoms with E-state index in [-0.39, 0.29) is 21.6 Å². The molecular formula is C18H18Cl2N2O4. The summed E-state index contributed by atoms with van der Waals surface area (Å²) in [5.41, 5.74) is 7.07. The Kier molecular flexibility index (Phi) is 6.60. The molecule has 6 nitrogen and oxygen atoms in total. The SMILES string of the molecule is COc1cc(/C=C/C(=O)Nc2cc(Cl)c(N)c(Cl)c2)cc(OC)c1OC. The second-order valence-corrected chi connectivity index (χ2v) is 5.95. The molecule has 0 spiro atoms. The zero-order valence-electron chi connectivity index (χ0n) is 14.4. The minimum Gasteiger partial charge on any atom is -0.493 e. The van der Waals surface area contributed by atoms with Crippen molar-refractivity contribution >= 4 is 46.6 Å². The summed E-state index contributed by atoms with van der Waals surface area (Å²) in [7, 11) is 4.56. The van der Waals surface area contributed by atoms with Crippen LogP contribution in [0, 0.1) is 0 Å². The van der Waals surface area contributed by atoms with Crippen molar-refractivity contribution < 1.29 is 19.0 Å². The number of benzene rings is 2. The smallest absolute Gasteiger partial charge is 0.248 e. The molecule has 0 heterocycles. The van der Waals surface area contributed by atoms with E-state index in [4.69, 9.17) is 43.1 Å². The number of methoxy groups -OCH3 is 3. The van der Waals surface area contributed by atoms with Crippen molar-refractivity contribution in [2.24, 2.45) is 0 Å². The van der Waals surface area contributed by atoms with Crippen LogP contribution in [0.4, 0.5) is 11.4 Å². The molecule has 0 saturated heterocycles. The van der Waals surface area contributed by atoms with Crippen LogP contribution in [0.25, 0.3) is 6.08 Å². The van der Waals surface area contributed by atoms with Crippen LogP contribution >= 0.6 is 23.2 Å². The number of nitrogens with one attached hydrogen (secondary N) is 1. The fraction of sp³-hybridized carbons (Fsp3) is 0.167. The Morgan fingerprint density at radius 2 is 1.54 bits per heavy atom. The number of amides is 1. The van der Waals surface area contributed by atoms with Crippen molar-refractivity contribution in [2.75, 3.05) is 32.4 Å². The minimum atomic E-state index is -0.365. The lowest BCUT2D eigenvalue weighted by molar-refractivity contribution is -0.111. The van der Waals surface area contributed by atoms with Gasteiger partial charge in [0.1, 0.15) is 0 Å². The van der Waals surface area contributed by atoms with Crippen LogP contribution in [-0.2, 0) is 4.79 Å². The third-order valence-corrected chi connectivity index (χ3v) is 4.09. The Morgan fingerprint density at radius 3 is 2.00 bits per heavy atom. The Morgan fingerprint density at radius 1 is 1.00 bits per heavy atom. The van der Waals surface area contributed by atoms with Gasteiger partial charge in [0.2, 0.25) is 11.7 Å². The number of nitrogens with two attached hydrogens (primary N) is 1. The summed E-state index contributed by atoms with van der Waals surface area (Å²) in [6, 6.07) is 6.49. The van der Waals surface area contributed by atoms with E-state index in [2.05, 4.69) is 5.32 Å². The highest BCUT2D eigenvalue weighted by molar-refractivity contribution is 6.39. The lowest BCUT2D eigenvalue weighted by Gasteiger charge is -2.12. The van der Waals surface area contributed by atoms with Crippen molar-refractivity contribution in [1.29, 1.82) is 0 Å². The molecule has 0 saturated carbocycles. The maximum absolute atomic E-state index is 12.1. The highest BCUT2D eigenvalue weighted by atomic mass is 35.5. The number of anilines is 2. The van der Waals surface area contributed by atoms with Crippen molar-refractivity contribution in [3.05, 3.63) is 46.0 Å². The molecule has 138 valence electrons. The van der Waals surface area contributed by atoms with Crippen molar-refractivity contribution in [3.8, 4) is 17.2 Å². The Hall–Kier alpha value is -2.57. The van der Waals surface area contributed by atoms with Gasteiger partial charge in [-0.25, -0.2) is 0 Å². The van der Waals surface area contributed by atoms with Gasteiger partial charge in [0.05, 0.1) is 37.1 Å². The van der Waals surface area contributed by atoms with E-state index in [0.29, 0.717) is 28.5 Å². The fourth-order valence-corrected chi connectivity index (χ4v) is 2.70. The van der Waals surface area contributed by atoms with E-state index in [1.165, 1.54) is 39.5 Å². The molecule has 0 fully saturated rings. The summed E-state index contributed by atoms with van der Waals surface area (Å²) in [6.07, 6.45) is 2.97. The molecular weight excluding hydrogens is 379 g/mol. The number of rotatable bonds is 6. The standard InChI is InChI=1S/C18H18Cl2N2O4/c1-24-14-6-10(7-15(25-2)18(14)26-3)4-5-16(23)22-11-8-12(19)17(21)13(20)9-11/h4-9H,21H2,1-3H3,(H,22,23)/b5-4+. The highest BCUT2D eigenvalue weighted by Gasteiger charge is 2.12. The number of hydrogen-bond donors (Lipinski definition) is 2. The topological polar surface area (TPSA) is 82.8 Å². The highest BCUT2D eigenvalue weighted by Crippen LogP contribution is 2.38. The summed E-state index contributed by atoms with van der Waals surface area (Å²) in [6.45, 7) is 0. The maximum Gasteiger partial charge on any atom is 0.248 e. The molecule has 0 unspecified atom stereocenters. The number of ether oxygens (including phenoxy) is 3. The predicted octanol–water partition coefficient (Wildman–Crippen LogP) is 4.25. The van der Waals surface area contributed by atoms with Crippen LogP contribution in [0.1, 0.15) is 5.56 Å². The van der Waals surface area contributed by atoms with Crippen molar-refractivity contribution in [2.45, 2.75) is 0 Å². The van der Waals surface area contributed by atoms with Crippen LogP contribution in [0.2, 0.25) is 10.0 Å². The van der Waals surface area contributed by atoms with E-state index in [0.717, 1.165) is 0 Å². The molecule has 3 N–H and O–H groups in total. The third kappa shape index (κ3) is 4.53. The first kappa shape index (κ1) is 19.8. The number of halogens is 2. The minimum absolute atomic E-state index is 0.263. The first-order chi connectivity index (χ1) is 12.4. The number of nitrogen functional groups attached to an aromatic ring is 1. The van der Waals surface area contributed by atoms with E-state index in [1.54, 1.807) is 18.2 Å². The molecule has 1 amide bonds. The third-order valence-electron chi connectivity index (χ3n) is 3.46. The fourth-order valence-electron chi connectivity index (χ4n) is 2.21. The van der Waals surface area contributed by atoms with Gasteiger partial charge in [-0.3, -0.25) is 4.79 Å². The van der Waals surface area contributed by atoms with E-state index in [1.807, 2.05) is 0 Å². The quantitative estimate of drug-likeness (QED) is 0.563. The van der Waals surface area contributed by atoms with E-state index in [9.17, 15) is 4.79 Å². The molecule has 8 heteroatoms. The summed E-state index contributed by atoms with van der Waals surface area (Å²) < 4.78 is 15.8. The molecule has 0 atom stereocenters. The Bertz CT molecular complexity index is 805. The molecule has 2 aromatic rings. The van der Waals surface area contributed by atoms with Gasteiger partial charge >= 0.3 is 0 Å². The predicted molar refractivity (Wildman–Crippen MR) is 105 cm³/mol. The monoisotopic (exact) mass is 396 g/mol. The van der Waals surface area contributed by atoms with Gasteiger partial charge in [0.25, 0.3) is 0 Å². The molecule has 0 aliphatic carbocycles. The van der Waals surface area contributed by atoms with Gasteiger partial charge in [-0.05, 0) is 35.9 Å². The van der Waals surface area contributed by atoms with Crippen LogP contribution in [0.3, 0.4) is 0 Å². The molecule has 2 rings (SSSR count). The molecule has 26 heavy (non-hydrogen) atoms. The van der Waals surface area contributed by atoms with Crippen molar-refractivity contribution in [1.82, 2.24) is 0 Å². The molecule has 2 aromatic carbocycles. The number of hydrogen-bond acceptors (Lipinski definition) is 5. The zero-order chi connectivity index (χ0) is 19.3. The summed E-state index contributed by atoms with van der Waals surface area (Å²) in [5, 5.41) is 3.19. The Balaban J connectivity index is 2.20. The lowest BCUT2D eigenvalue weighted by Crippen LogP contribution is -2.08. The van der Waals surface area contributed by atoms with Crippen LogP contribution in [0.5, 0.6) is 17.2 Å². The van der Waals surface area contributed by atoms with Crippen LogP contribution < -0.4 is 25.3 Å². The van der Waals surface area contributed by atoms with Gasteiger partial charge in [-0.1, -0.05) is 23.2 Å². The average Bonchev–Trinajstić information content (AvgIpc) is 2.63. The van der Waals surface area contributed by atoms with Crippen LogP contribution in [-0.4, -0.2) is 27.2 Å². The first-order valence-electron chi connectivity index (χ1n) is 7.43. The van der Waals surface area contributed by atoms with E-state index < -0.39 is 0 Å². The zero-order valence-corrected chi connectivity index (χ0v) is 15.9. The summed E-state index contributed by atoms with van der Waals surface area (Å²) >= 11 is 11.9. The Labute approximate surface area is 161 Å². The normalized spacial score (nSPS) is 10.7. The van der Waals surface area contributed by atoms with Gasteiger partial charge < -0.3 is 25.3 Å².